The number of guanidine groups is 1. The number of rotatable bonds is 8. The van der Waals surface area contributed by atoms with Crippen molar-refractivity contribution in [3.05, 3.63) is 29.8 Å². The van der Waals surface area contributed by atoms with Gasteiger partial charge in [-0.1, -0.05) is 19.1 Å². The maximum Gasteiger partial charge on any atom is 0.191 e. The second kappa shape index (κ2) is 12.5. The number of nitrogens with one attached hydrogen (secondary N) is 2. The molecular weight excluding hydrogens is 391 g/mol. The molecule has 0 unspecified atom stereocenters. The van der Waals surface area contributed by atoms with Gasteiger partial charge in [-0.05, 0) is 38.2 Å². The second-order valence-electron chi connectivity index (χ2n) is 4.87. The Morgan fingerprint density at radius 2 is 1.86 bits per heavy atom. The van der Waals surface area contributed by atoms with Crippen molar-refractivity contribution in [3.8, 4) is 5.75 Å². The summed E-state index contributed by atoms with van der Waals surface area (Å²) in [5, 5.41) is 6.61. The smallest absolute Gasteiger partial charge is 0.191 e. The Hall–Kier alpha value is -1.02. The maximum atomic E-state index is 5.15. The highest BCUT2D eigenvalue weighted by Gasteiger charge is 1.99. The molecule has 0 heterocycles. The molecule has 0 radical (unpaired) electrons. The summed E-state index contributed by atoms with van der Waals surface area (Å²) in [4.78, 5) is 6.86. The molecule has 1 rings (SSSR count). The van der Waals surface area contributed by atoms with Crippen LogP contribution in [0, 0.1) is 0 Å². The van der Waals surface area contributed by atoms with Gasteiger partial charge in [-0.3, -0.25) is 0 Å². The molecule has 0 saturated carbocycles. The molecule has 2 N–H and O–H groups in total. The van der Waals surface area contributed by atoms with Crippen molar-refractivity contribution in [2.24, 2.45) is 4.99 Å². The zero-order valence-electron chi connectivity index (χ0n) is 14.1. The zero-order valence-corrected chi connectivity index (χ0v) is 16.4. The van der Waals surface area contributed by atoms with Crippen LogP contribution in [0.15, 0.2) is 29.3 Å². The average molecular weight is 420 g/mol. The highest BCUT2D eigenvalue weighted by molar-refractivity contribution is 14.0. The molecule has 0 aliphatic heterocycles. The Morgan fingerprint density at radius 1 is 1.18 bits per heavy atom. The number of aliphatic imine (C=N–C) groups is 1. The first kappa shape index (κ1) is 21.0. The van der Waals surface area contributed by atoms with Crippen LogP contribution in [-0.4, -0.2) is 51.2 Å². The van der Waals surface area contributed by atoms with E-state index in [2.05, 4.69) is 41.4 Å². The minimum atomic E-state index is 0. The van der Waals surface area contributed by atoms with Crippen LogP contribution in [0.1, 0.15) is 19.4 Å². The van der Waals surface area contributed by atoms with Crippen LogP contribution in [0.4, 0.5) is 0 Å². The number of nitrogens with zero attached hydrogens (tertiary/aromatic N) is 2. The van der Waals surface area contributed by atoms with Gasteiger partial charge in [0.25, 0.3) is 0 Å². The largest absolute Gasteiger partial charge is 0.497 e. The number of ether oxygens (including phenoxy) is 1. The summed E-state index contributed by atoms with van der Waals surface area (Å²) < 4.78 is 5.15. The van der Waals surface area contributed by atoms with Gasteiger partial charge in [-0.25, -0.2) is 4.99 Å². The van der Waals surface area contributed by atoms with E-state index < -0.39 is 0 Å². The van der Waals surface area contributed by atoms with E-state index in [4.69, 9.17) is 4.74 Å². The number of likely N-dealkylation sites (N-methyl/N-ethyl adjacent to an activating group) is 1. The summed E-state index contributed by atoms with van der Waals surface area (Å²) in [5.74, 6) is 1.73. The van der Waals surface area contributed by atoms with Crippen molar-refractivity contribution in [2.45, 2.75) is 20.4 Å². The quantitative estimate of drug-likeness (QED) is 0.385. The van der Waals surface area contributed by atoms with Crippen LogP contribution < -0.4 is 15.4 Å². The number of methoxy groups -OCH3 is 1. The zero-order chi connectivity index (χ0) is 15.5. The second-order valence-corrected chi connectivity index (χ2v) is 4.87. The number of benzene rings is 1. The normalized spacial score (nSPS) is 11.0. The van der Waals surface area contributed by atoms with Gasteiger partial charge < -0.3 is 20.3 Å². The lowest BCUT2D eigenvalue weighted by Crippen LogP contribution is -2.40. The van der Waals surface area contributed by atoms with E-state index in [0.717, 1.165) is 37.9 Å². The lowest BCUT2D eigenvalue weighted by atomic mass is 10.2. The first-order valence-electron chi connectivity index (χ1n) is 7.53. The third-order valence-electron chi connectivity index (χ3n) is 3.25. The summed E-state index contributed by atoms with van der Waals surface area (Å²) in [6.07, 6.45) is 0. The Balaban J connectivity index is 0.00000441. The van der Waals surface area contributed by atoms with Gasteiger partial charge in [-0.2, -0.15) is 0 Å². The van der Waals surface area contributed by atoms with Gasteiger partial charge in [0.1, 0.15) is 5.75 Å². The molecule has 0 saturated heterocycles. The van der Waals surface area contributed by atoms with E-state index >= 15 is 0 Å². The van der Waals surface area contributed by atoms with Gasteiger partial charge in [0, 0.05) is 19.6 Å². The van der Waals surface area contributed by atoms with Gasteiger partial charge in [0.2, 0.25) is 0 Å². The summed E-state index contributed by atoms with van der Waals surface area (Å²) in [7, 11) is 3.79. The molecule has 0 atom stereocenters. The molecule has 0 bridgehead atoms. The predicted molar refractivity (Wildman–Crippen MR) is 104 cm³/mol. The SMILES string of the molecule is CCNC(=NCc1ccc(OC)cc1)NCCN(C)CC.I. The van der Waals surface area contributed by atoms with E-state index in [0.29, 0.717) is 6.54 Å². The molecule has 1 aromatic carbocycles. The van der Waals surface area contributed by atoms with Crippen LogP contribution in [-0.2, 0) is 6.54 Å². The van der Waals surface area contributed by atoms with Crippen molar-refractivity contribution >= 4 is 29.9 Å². The van der Waals surface area contributed by atoms with Gasteiger partial charge in [0.05, 0.1) is 13.7 Å². The van der Waals surface area contributed by atoms with Crippen LogP contribution in [0.5, 0.6) is 5.75 Å². The molecule has 0 spiro atoms. The molecule has 22 heavy (non-hydrogen) atoms. The number of halogens is 1. The van der Waals surface area contributed by atoms with E-state index in [1.807, 2.05) is 24.3 Å². The lowest BCUT2D eigenvalue weighted by molar-refractivity contribution is 0.357. The van der Waals surface area contributed by atoms with Crippen LogP contribution in [0.25, 0.3) is 0 Å². The third kappa shape index (κ3) is 8.43. The number of hydrogen-bond acceptors (Lipinski definition) is 3. The van der Waals surface area contributed by atoms with Crippen molar-refractivity contribution in [1.29, 1.82) is 0 Å². The summed E-state index contributed by atoms with van der Waals surface area (Å²) in [6.45, 7) is 8.69. The Morgan fingerprint density at radius 3 is 2.41 bits per heavy atom. The fourth-order valence-electron chi connectivity index (χ4n) is 1.77. The van der Waals surface area contributed by atoms with Crippen molar-refractivity contribution in [3.63, 3.8) is 0 Å². The van der Waals surface area contributed by atoms with Gasteiger partial charge in [-0.15, -0.1) is 24.0 Å². The van der Waals surface area contributed by atoms with E-state index in [1.54, 1.807) is 7.11 Å². The van der Waals surface area contributed by atoms with E-state index in [9.17, 15) is 0 Å². The predicted octanol–water partition coefficient (Wildman–Crippen LogP) is 2.32. The fraction of sp³-hybridized carbons (Fsp3) is 0.562. The Kier molecular flexibility index (Phi) is 11.9. The molecule has 0 aliphatic rings. The lowest BCUT2D eigenvalue weighted by Gasteiger charge is -2.16. The fourth-order valence-corrected chi connectivity index (χ4v) is 1.77. The molecule has 126 valence electrons. The molecule has 1 aromatic rings. The van der Waals surface area contributed by atoms with Gasteiger partial charge >= 0.3 is 0 Å². The van der Waals surface area contributed by atoms with Crippen LogP contribution in [0.3, 0.4) is 0 Å². The maximum absolute atomic E-state index is 5.15. The minimum absolute atomic E-state index is 0. The minimum Gasteiger partial charge on any atom is -0.497 e. The monoisotopic (exact) mass is 420 g/mol. The first-order valence-corrected chi connectivity index (χ1v) is 7.53. The van der Waals surface area contributed by atoms with Crippen LogP contribution >= 0.6 is 24.0 Å². The molecule has 0 aliphatic carbocycles. The van der Waals surface area contributed by atoms with Crippen molar-refractivity contribution in [2.75, 3.05) is 40.3 Å². The molecule has 5 nitrogen and oxygen atoms in total. The topological polar surface area (TPSA) is 48.9 Å². The van der Waals surface area contributed by atoms with Crippen LogP contribution in [0.2, 0.25) is 0 Å². The molecular formula is C16H29IN4O. The van der Waals surface area contributed by atoms with E-state index in [1.165, 1.54) is 5.56 Å². The number of hydrogen-bond donors (Lipinski definition) is 2. The molecule has 0 aromatic heterocycles. The van der Waals surface area contributed by atoms with Gasteiger partial charge in [0.15, 0.2) is 5.96 Å². The van der Waals surface area contributed by atoms with Crippen molar-refractivity contribution in [1.82, 2.24) is 15.5 Å². The Bertz CT molecular complexity index is 423. The first-order chi connectivity index (χ1) is 10.2. The summed E-state index contributed by atoms with van der Waals surface area (Å²) >= 11 is 0. The van der Waals surface area contributed by atoms with E-state index in [-0.39, 0.29) is 24.0 Å². The summed E-state index contributed by atoms with van der Waals surface area (Å²) in [5.41, 5.74) is 1.17. The standard InChI is InChI=1S/C16H28N4O.HI/c1-5-17-16(18-11-12-20(3)6-2)19-13-14-7-9-15(21-4)10-8-14;/h7-10H,5-6,11-13H2,1-4H3,(H2,17,18,19);1H. The van der Waals surface area contributed by atoms with Crippen molar-refractivity contribution < 1.29 is 4.74 Å². The Labute approximate surface area is 151 Å². The highest BCUT2D eigenvalue weighted by Crippen LogP contribution is 2.11. The third-order valence-corrected chi connectivity index (χ3v) is 3.25. The molecule has 0 fully saturated rings. The average Bonchev–Trinajstić information content (AvgIpc) is 2.52. The molecule has 0 amide bonds. The molecule has 6 heteroatoms. The highest BCUT2D eigenvalue weighted by atomic mass is 127. The summed E-state index contributed by atoms with van der Waals surface area (Å²) in [6, 6.07) is 8.00.